The molecule has 0 aromatic heterocycles. The van der Waals surface area contributed by atoms with Gasteiger partial charge in [0.2, 0.25) is 0 Å². The maximum absolute atomic E-state index is 10.4. The second-order valence-corrected chi connectivity index (χ2v) is 8.03. The van der Waals surface area contributed by atoms with E-state index in [4.69, 9.17) is 5.11 Å². The van der Waals surface area contributed by atoms with Crippen LogP contribution in [0.25, 0.3) is 0 Å². The molecule has 0 amide bonds. The smallest absolute Gasteiger partial charge is 0.303 e. The van der Waals surface area contributed by atoms with E-state index in [9.17, 15) is 9.90 Å². The van der Waals surface area contributed by atoms with Gasteiger partial charge >= 0.3 is 5.97 Å². The summed E-state index contributed by atoms with van der Waals surface area (Å²) in [5.74, 6) is -0.695. The van der Waals surface area contributed by atoms with E-state index in [2.05, 4.69) is 31.2 Å². The van der Waals surface area contributed by atoms with Gasteiger partial charge in [0.05, 0.1) is 6.10 Å². The number of carboxylic acid groups (broad SMARTS) is 1. The van der Waals surface area contributed by atoms with Crippen molar-refractivity contribution < 1.29 is 15.0 Å². The number of carboxylic acids is 1. The van der Waals surface area contributed by atoms with Crippen LogP contribution in [0.4, 0.5) is 0 Å². The van der Waals surface area contributed by atoms with Crippen LogP contribution in [-0.4, -0.2) is 22.3 Å². The summed E-state index contributed by atoms with van der Waals surface area (Å²) in [6.07, 6.45) is 28.5. The lowest BCUT2D eigenvalue weighted by molar-refractivity contribution is -0.137. The Hall–Kier alpha value is -1.09. The standard InChI is InChI=1S/C25H46O3/c1-2-3-4-5-6-7-8-9-10-11-12-15-18-21-24(26)22-19-16-13-14-17-20-23-25(27)28/h10-11,15,18,24,26H,2-9,12-14,16-17,19-23H2,1H3,(H,27,28). The number of unbranched alkanes of at least 4 members (excludes halogenated alkanes) is 12. The molecule has 0 heterocycles. The molecule has 1 atom stereocenters. The van der Waals surface area contributed by atoms with Crippen LogP contribution in [0.3, 0.4) is 0 Å². The number of aliphatic hydroxyl groups is 1. The maximum Gasteiger partial charge on any atom is 0.303 e. The molecule has 2 N–H and O–H groups in total. The highest BCUT2D eigenvalue weighted by Crippen LogP contribution is 2.12. The average Bonchev–Trinajstić information content (AvgIpc) is 2.67. The number of aliphatic carboxylic acids is 1. The zero-order chi connectivity index (χ0) is 20.7. The number of hydrogen-bond acceptors (Lipinski definition) is 2. The largest absolute Gasteiger partial charge is 0.481 e. The van der Waals surface area contributed by atoms with Gasteiger partial charge in [-0.15, -0.1) is 0 Å². The van der Waals surface area contributed by atoms with Crippen molar-refractivity contribution in [3.05, 3.63) is 24.3 Å². The van der Waals surface area contributed by atoms with Gasteiger partial charge in [-0.3, -0.25) is 4.79 Å². The Balaban J connectivity index is 3.34. The molecule has 0 bridgehead atoms. The van der Waals surface area contributed by atoms with E-state index in [0.29, 0.717) is 6.42 Å². The molecule has 0 aromatic carbocycles. The molecule has 0 aliphatic heterocycles. The van der Waals surface area contributed by atoms with E-state index in [1.54, 1.807) is 0 Å². The lowest BCUT2D eigenvalue weighted by Crippen LogP contribution is -2.04. The number of carbonyl (C=O) groups is 1. The number of rotatable bonds is 21. The summed E-state index contributed by atoms with van der Waals surface area (Å²) in [7, 11) is 0. The molecule has 0 aliphatic carbocycles. The molecular formula is C25H46O3. The molecule has 0 fully saturated rings. The third-order valence-electron chi connectivity index (χ3n) is 5.17. The predicted octanol–water partition coefficient (Wildman–Crippen LogP) is 7.59. The minimum absolute atomic E-state index is 0.222. The third kappa shape index (κ3) is 23.0. The van der Waals surface area contributed by atoms with Crippen molar-refractivity contribution in [2.45, 2.75) is 129 Å². The Kier molecular flexibility index (Phi) is 21.3. The average molecular weight is 395 g/mol. The summed E-state index contributed by atoms with van der Waals surface area (Å²) in [5, 5.41) is 18.6. The van der Waals surface area contributed by atoms with Gasteiger partial charge in [-0.25, -0.2) is 0 Å². The lowest BCUT2D eigenvalue weighted by atomic mass is 10.0. The van der Waals surface area contributed by atoms with E-state index in [1.807, 2.05) is 0 Å². The Labute approximate surface area is 174 Å². The Morgan fingerprint density at radius 2 is 1.32 bits per heavy atom. The molecule has 0 aliphatic rings. The molecule has 164 valence electrons. The summed E-state index contributed by atoms with van der Waals surface area (Å²) in [6, 6.07) is 0. The van der Waals surface area contributed by atoms with Crippen LogP contribution >= 0.6 is 0 Å². The first-order valence-corrected chi connectivity index (χ1v) is 11.9. The Morgan fingerprint density at radius 1 is 0.750 bits per heavy atom. The van der Waals surface area contributed by atoms with Gasteiger partial charge in [-0.05, 0) is 38.5 Å². The first-order chi connectivity index (χ1) is 13.7. The van der Waals surface area contributed by atoms with E-state index < -0.39 is 5.97 Å². The normalized spacial score (nSPS) is 12.9. The predicted molar refractivity (Wildman–Crippen MR) is 121 cm³/mol. The lowest BCUT2D eigenvalue weighted by Gasteiger charge is -2.07. The van der Waals surface area contributed by atoms with Crippen LogP contribution < -0.4 is 0 Å². The van der Waals surface area contributed by atoms with Crippen LogP contribution in [0.1, 0.15) is 122 Å². The maximum atomic E-state index is 10.4. The zero-order valence-electron chi connectivity index (χ0n) is 18.4. The minimum atomic E-state index is -0.695. The molecule has 0 radical (unpaired) electrons. The van der Waals surface area contributed by atoms with E-state index in [1.165, 1.54) is 51.4 Å². The van der Waals surface area contributed by atoms with E-state index in [0.717, 1.165) is 57.8 Å². The van der Waals surface area contributed by atoms with Crippen molar-refractivity contribution in [2.75, 3.05) is 0 Å². The Morgan fingerprint density at radius 3 is 2.00 bits per heavy atom. The number of hydrogen-bond donors (Lipinski definition) is 2. The van der Waals surface area contributed by atoms with Crippen molar-refractivity contribution in [2.24, 2.45) is 0 Å². The zero-order valence-corrected chi connectivity index (χ0v) is 18.4. The van der Waals surface area contributed by atoms with Gasteiger partial charge in [-0.2, -0.15) is 0 Å². The van der Waals surface area contributed by atoms with Crippen LogP contribution in [0.2, 0.25) is 0 Å². The van der Waals surface area contributed by atoms with Gasteiger partial charge in [0.15, 0.2) is 0 Å². The second-order valence-electron chi connectivity index (χ2n) is 8.03. The molecule has 3 nitrogen and oxygen atoms in total. The topological polar surface area (TPSA) is 57.5 Å². The molecule has 0 spiro atoms. The van der Waals surface area contributed by atoms with Crippen molar-refractivity contribution in [1.82, 2.24) is 0 Å². The van der Waals surface area contributed by atoms with Crippen molar-refractivity contribution in [1.29, 1.82) is 0 Å². The van der Waals surface area contributed by atoms with Crippen molar-refractivity contribution in [3.8, 4) is 0 Å². The molecule has 0 saturated heterocycles. The van der Waals surface area contributed by atoms with Crippen LogP contribution in [-0.2, 0) is 4.79 Å². The number of aliphatic hydroxyl groups excluding tert-OH is 1. The molecular weight excluding hydrogens is 348 g/mol. The van der Waals surface area contributed by atoms with Gasteiger partial charge in [0, 0.05) is 6.42 Å². The molecule has 0 aromatic rings. The third-order valence-corrected chi connectivity index (χ3v) is 5.17. The van der Waals surface area contributed by atoms with Crippen molar-refractivity contribution in [3.63, 3.8) is 0 Å². The Bertz CT molecular complexity index is 387. The van der Waals surface area contributed by atoms with Crippen LogP contribution in [0.5, 0.6) is 0 Å². The summed E-state index contributed by atoms with van der Waals surface area (Å²) in [5.41, 5.74) is 0. The molecule has 3 heteroatoms. The first kappa shape index (κ1) is 26.9. The summed E-state index contributed by atoms with van der Waals surface area (Å²) in [4.78, 5) is 10.4. The fraction of sp³-hybridized carbons (Fsp3) is 0.800. The highest BCUT2D eigenvalue weighted by molar-refractivity contribution is 5.66. The van der Waals surface area contributed by atoms with Gasteiger partial charge < -0.3 is 10.2 Å². The van der Waals surface area contributed by atoms with E-state index in [-0.39, 0.29) is 6.10 Å². The molecule has 0 rings (SSSR count). The highest BCUT2D eigenvalue weighted by atomic mass is 16.4. The summed E-state index contributed by atoms with van der Waals surface area (Å²) in [6.45, 7) is 2.26. The molecule has 1 unspecified atom stereocenters. The SMILES string of the molecule is CCCCCCCCCC=CCC=CCC(O)CCCCCCCCC(=O)O. The van der Waals surface area contributed by atoms with Gasteiger partial charge in [-0.1, -0.05) is 102 Å². The fourth-order valence-corrected chi connectivity index (χ4v) is 3.34. The van der Waals surface area contributed by atoms with Crippen LogP contribution in [0, 0.1) is 0 Å². The summed E-state index contributed by atoms with van der Waals surface area (Å²) >= 11 is 0. The number of allylic oxidation sites excluding steroid dienone is 3. The highest BCUT2D eigenvalue weighted by Gasteiger charge is 2.01. The van der Waals surface area contributed by atoms with Crippen LogP contribution in [0.15, 0.2) is 24.3 Å². The monoisotopic (exact) mass is 394 g/mol. The second kappa shape index (κ2) is 22.2. The van der Waals surface area contributed by atoms with Gasteiger partial charge in [0.25, 0.3) is 0 Å². The quantitative estimate of drug-likeness (QED) is 0.156. The fourth-order valence-electron chi connectivity index (χ4n) is 3.34. The minimum Gasteiger partial charge on any atom is -0.481 e. The first-order valence-electron chi connectivity index (χ1n) is 11.9. The van der Waals surface area contributed by atoms with Crippen molar-refractivity contribution >= 4 is 5.97 Å². The molecule has 0 saturated carbocycles. The van der Waals surface area contributed by atoms with Gasteiger partial charge in [0.1, 0.15) is 0 Å². The van der Waals surface area contributed by atoms with E-state index >= 15 is 0 Å². The summed E-state index contributed by atoms with van der Waals surface area (Å²) < 4.78 is 0. The molecule has 28 heavy (non-hydrogen) atoms.